The monoisotopic (exact) mass is 432 g/mol. The first-order chi connectivity index (χ1) is 9.02. The van der Waals surface area contributed by atoms with Crippen LogP contribution in [0.4, 0.5) is 0 Å². The third kappa shape index (κ3) is 3.30. The molecule has 0 aliphatic carbocycles. The zero-order chi connectivity index (χ0) is 14.0. The Bertz CT molecular complexity index is 599. The van der Waals surface area contributed by atoms with Crippen molar-refractivity contribution in [3.8, 4) is 5.75 Å². The molecule has 1 atom stereocenters. The standard InChI is InChI=1S/C15H14BrIO2/c1-9-7-10(3-6-14(9)19-2)15(18)12-8-11(16)4-5-13(12)17/h3-8,15,18H,1-2H3. The van der Waals surface area contributed by atoms with Crippen LogP contribution in [0.15, 0.2) is 40.9 Å². The molecule has 0 radical (unpaired) electrons. The number of aryl methyl sites for hydroxylation is 1. The van der Waals surface area contributed by atoms with Gasteiger partial charge in [0.25, 0.3) is 0 Å². The van der Waals surface area contributed by atoms with Gasteiger partial charge in [-0.3, -0.25) is 0 Å². The molecule has 0 aromatic heterocycles. The van der Waals surface area contributed by atoms with Crippen molar-refractivity contribution in [3.63, 3.8) is 0 Å². The molecule has 2 aromatic carbocycles. The van der Waals surface area contributed by atoms with Crippen LogP contribution in [0.5, 0.6) is 5.75 Å². The lowest BCUT2D eigenvalue weighted by atomic mass is 10.00. The fourth-order valence-corrected chi connectivity index (χ4v) is 2.98. The number of rotatable bonds is 3. The first-order valence-corrected chi connectivity index (χ1v) is 7.67. The summed E-state index contributed by atoms with van der Waals surface area (Å²) in [4.78, 5) is 0. The highest BCUT2D eigenvalue weighted by atomic mass is 127. The van der Waals surface area contributed by atoms with Crippen LogP contribution in [0.25, 0.3) is 0 Å². The van der Waals surface area contributed by atoms with Gasteiger partial charge >= 0.3 is 0 Å². The van der Waals surface area contributed by atoms with Crippen LogP contribution < -0.4 is 4.74 Å². The highest BCUT2D eigenvalue weighted by molar-refractivity contribution is 14.1. The first kappa shape index (κ1) is 14.8. The van der Waals surface area contributed by atoms with Crippen molar-refractivity contribution in [3.05, 3.63) is 61.1 Å². The van der Waals surface area contributed by atoms with Gasteiger partial charge in [0.15, 0.2) is 0 Å². The molecule has 0 spiro atoms. The summed E-state index contributed by atoms with van der Waals surface area (Å²) in [5.74, 6) is 0.833. The summed E-state index contributed by atoms with van der Waals surface area (Å²) in [5, 5.41) is 10.5. The molecule has 4 heteroatoms. The lowest BCUT2D eigenvalue weighted by Crippen LogP contribution is -2.03. The summed E-state index contributed by atoms with van der Waals surface area (Å²) in [5.41, 5.74) is 2.79. The maximum atomic E-state index is 10.5. The van der Waals surface area contributed by atoms with Crippen LogP contribution in [0.3, 0.4) is 0 Å². The maximum Gasteiger partial charge on any atom is 0.121 e. The fraction of sp³-hybridized carbons (Fsp3) is 0.200. The van der Waals surface area contributed by atoms with Gasteiger partial charge in [-0.2, -0.15) is 0 Å². The van der Waals surface area contributed by atoms with Crippen molar-refractivity contribution in [2.45, 2.75) is 13.0 Å². The number of hydrogen-bond acceptors (Lipinski definition) is 2. The molecule has 1 unspecified atom stereocenters. The second-order valence-corrected chi connectivity index (χ2v) is 6.38. The van der Waals surface area contributed by atoms with Gasteiger partial charge in [0.05, 0.1) is 7.11 Å². The van der Waals surface area contributed by atoms with E-state index in [1.807, 2.05) is 43.3 Å². The third-order valence-corrected chi connectivity index (χ3v) is 4.46. The van der Waals surface area contributed by atoms with Crippen LogP contribution >= 0.6 is 38.5 Å². The Balaban J connectivity index is 2.41. The van der Waals surface area contributed by atoms with Gasteiger partial charge in [0.1, 0.15) is 11.9 Å². The van der Waals surface area contributed by atoms with Crippen molar-refractivity contribution in [2.24, 2.45) is 0 Å². The van der Waals surface area contributed by atoms with Crippen LogP contribution in [-0.2, 0) is 0 Å². The highest BCUT2D eigenvalue weighted by Gasteiger charge is 2.15. The van der Waals surface area contributed by atoms with Gasteiger partial charge < -0.3 is 9.84 Å². The average Bonchev–Trinajstić information content (AvgIpc) is 2.40. The average molecular weight is 433 g/mol. The molecule has 100 valence electrons. The van der Waals surface area contributed by atoms with Crippen molar-refractivity contribution >= 4 is 38.5 Å². The van der Waals surface area contributed by atoms with E-state index in [2.05, 4.69) is 38.5 Å². The largest absolute Gasteiger partial charge is 0.496 e. The number of halogens is 2. The molecule has 19 heavy (non-hydrogen) atoms. The Morgan fingerprint density at radius 3 is 2.58 bits per heavy atom. The van der Waals surface area contributed by atoms with Crippen molar-refractivity contribution < 1.29 is 9.84 Å². The van der Waals surface area contributed by atoms with Gasteiger partial charge in [-0.25, -0.2) is 0 Å². The summed E-state index contributed by atoms with van der Waals surface area (Å²) < 4.78 is 7.25. The van der Waals surface area contributed by atoms with E-state index in [0.29, 0.717) is 0 Å². The minimum absolute atomic E-state index is 0.631. The summed E-state index contributed by atoms with van der Waals surface area (Å²) in [6, 6.07) is 11.6. The molecule has 0 aliphatic rings. The van der Waals surface area contributed by atoms with Crippen LogP contribution in [-0.4, -0.2) is 12.2 Å². The zero-order valence-corrected chi connectivity index (χ0v) is 14.4. The smallest absolute Gasteiger partial charge is 0.121 e. The molecular formula is C15H14BrIO2. The first-order valence-electron chi connectivity index (χ1n) is 5.80. The molecule has 2 aromatic rings. The molecule has 0 saturated carbocycles. The summed E-state index contributed by atoms with van der Waals surface area (Å²) in [6.07, 6.45) is -0.631. The quantitative estimate of drug-likeness (QED) is 0.726. The molecular weight excluding hydrogens is 419 g/mol. The number of hydrogen-bond donors (Lipinski definition) is 1. The minimum Gasteiger partial charge on any atom is -0.496 e. The van der Waals surface area contributed by atoms with Gasteiger partial charge in [0, 0.05) is 8.04 Å². The van der Waals surface area contributed by atoms with E-state index in [0.717, 1.165) is 30.5 Å². The van der Waals surface area contributed by atoms with Gasteiger partial charge in [-0.15, -0.1) is 0 Å². The molecule has 2 rings (SSSR count). The molecule has 0 amide bonds. The number of methoxy groups -OCH3 is 1. The van der Waals surface area contributed by atoms with Crippen molar-refractivity contribution in [1.82, 2.24) is 0 Å². The molecule has 0 fully saturated rings. The van der Waals surface area contributed by atoms with Crippen LogP contribution in [0.1, 0.15) is 22.8 Å². The predicted molar refractivity (Wildman–Crippen MR) is 88.7 cm³/mol. The van der Waals surface area contributed by atoms with Crippen LogP contribution in [0, 0.1) is 10.5 Å². The van der Waals surface area contributed by atoms with Gasteiger partial charge in [-0.1, -0.05) is 22.0 Å². The van der Waals surface area contributed by atoms with E-state index >= 15 is 0 Å². The lowest BCUT2D eigenvalue weighted by Gasteiger charge is -2.15. The van der Waals surface area contributed by atoms with Crippen LogP contribution in [0.2, 0.25) is 0 Å². The Morgan fingerprint density at radius 1 is 1.21 bits per heavy atom. The second kappa shape index (κ2) is 6.24. The minimum atomic E-state index is -0.631. The SMILES string of the molecule is COc1ccc(C(O)c2cc(Br)ccc2I)cc1C. The molecule has 1 N–H and O–H groups in total. The van der Waals surface area contributed by atoms with Crippen molar-refractivity contribution in [1.29, 1.82) is 0 Å². The molecule has 0 saturated heterocycles. The number of ether oxygens (including phenoxy) is 1. The summed E-state index contributed by atoms with van der Waals surface area (Å²) >= 11 is 5.68. The Kier molecular flexibility index (Phi) is 4.86. The van der Waals surface area contributed by atoms with E-state index in [1.165, 1.54) is 0 Å². The Morgan fingerprint density at radius 2 is 1.95 bits per heavy atom. The topological polar surface area (TPSA) is 29.5 Å². The second-order valence-electron chi connectivity index (χ2n) is 4.30. The molecule has 0 aliphatic heterocycles. The number of aliphatic hydroxyl groups is 1. The van der Waals surface area contributed by atoms with Crippen molar-refractivity contribution in [2.75, 3.05) is 7.11 Å². The highest BCUT2D eigenvalue weighted by Crippen LogP contribution is 2.30. The van der Waals surface area contributed by atoms with E-state index in [4.69, 9.17) is 4.74 Å². The van der Waals surface area contributed by atoms with Gasteiger partial charge in [0.2, 0.25) is 0 Å². The normalized spacial score (nSPS) is 12.3. The fourth-order valence-electron chi connectivity index (χ4n) is 1.98. The Labute approximate surface area is 135 Å². The Hall–Kier alpha value is -0.590. The predicted octanol–water partition coefficient (Wildman–Crippen LogP) is 4.45. The van der Waals surface area contributed by atoms with E-state index in [1.54, 1.807) is 7.11 Å². The molecule has 0 heterocycles. The van der Waals surface area contributed by atoms with Gasteiger partial charge in [-0.05, 0) is 76.5 Å². The number of benzene rings is 2. The van der Waals surface area contributed by atoms with E-state index in [9.17, 15) is 5.11 Å². The lowest BCUT2D eigenvalue weighted by molar-refractivity contribution is 0.219. The van der Waals surface area contributed by atoms with E-state index < -0.39 is 6.10 Å². The number of aliphatic hydroxyl groups excluding tert-OH is 1. The molecule has 2 nitrogen and oxygen atoms in total. The zero-order valence-electron chi connectivity index (χ0n) is 10.7. The summed E-state index contributed by atoms with van der Waals surface area (Å²) in [6.45, 7) is 1.97. The molecule has 0 bridgehead atoms. The van der Waals surface area contributed by atoms with E-state index in [-0.39, 0.29) is 0 Å². The summed E-state index contributed by atoms with van der Waals surface area (Å²) in [7, 11) is 1.65. The third-order valence-electron chi connectivity index (χ3n) is 2.99. The maximum absolute atomic E-state index is 10.5.